The monoisotopic (exact) mass is 378 g/mol. The largest absolute Gasteiger partial charge is 0.298 e. The van der Waals surface area contributed by atoms with Crippen molar-refractivity contribution in [3.05, 3.63) is 29.8 Å². The third-order valence-corrected chi connectivity index (χ3v) is 5.60. The summed E-state index contributed by atoms with van der Waals surface area (Å²) in [5, 5.41) is 0.657. The highest BCUT2D eigenvalue weighted by atomic mass is 32.2. The molecule has 0 radical (unpaired) electrons. The Morgan fingerprint density at radius 1 is 1.00 bits per heavy atom. The van der Waals surface area contributed by atoms with Crippen LogP contribution in [-0.2, 0) is 6.54 Å². The lowest BCUT2D eigenvalue weighted by Gasteiger charge is -2.39. The molecule has 0 spiro atoms. The van der Waals surface area contributed by atoms with E-state index in [0.717, 1.165) is 24.5 Å². The SMILES string of the molecule is CC.CC(C)C.CC(C)Sc1cccc(CN2CC3CCC(C2)N3C)c1. The van der Waals surface area contributed by atoms with Crippen molar-refractivity contribution in [1.29, 1.82) is 0 Å². The van der Waals surface area contributed by atoms with Crippen molar-refractivity contribution in [2.24, 2.45) is 5.92 Å². The lowest BCUT2D eigenvalue weighted by atomic mass is 10.1. The Labute approximate surface area is 167 Å². The molecule has 2 aliphatic heterocycles. The van der Waals surface area contributed by atoms with Crippen LogP contribution >= 0.6 is 11.8 Å². The molecular formula is C23H42N2S. The summed E-state index contributed by atoms with van der Waals surface area (Å²) in [6, 6.07) is 10.7. The van der Waals surface area contributed by atoms with E-state index in [2.05, 4.69) is 75.7 Å². The predicted octanol–water partition coefficient (Wildman–Crippen LogP) is 6.15. The number of benzene rings is 1. The Morgan fingerprint density at radius 3 is 2.04 bits per heavy atom. The average Bonchev–Trinajstić information content (AvgIpc) is 2.78. The topological polar surface area (TPSA) is 6.48 Å². The molecule has 1 aromatic rings. The number of rotatable bonds is 4. The van der Waals surface area contributed by atoms with Crippen LogP contribution in [0.2, 0.25) is 0 Å². The number of nitrogens with zero attached hydrogens (tertiary/aromatic N) is 2. The molecule has 3 heteroatoms. The molecule has 3 rings (SSSR count). The molecule has 2 bridgehead atoms. The van der Waals surface area contributed by atoms with Crippen molar-refractivity contribution >= 4 is 11.8 Å². The molecule has 0 aromatic heterocycles. The van der Waals surface area contributed by atoms with Crippen molar-refractivity contribution in [2.75, 3.05) is 20.1 Å². The van der Waals surface area contributed by atoms with Gasteiger partial charge in [-0.2, -0.15) is 0 Å². The number of hydrogen-bond acceptors (Lipinski definition) is 3. The molecule has 2 heterocycles. The fourth-order valence-electron chi connectivity index (χ4n) is 3.58. The molecule has 2 nitrogen and oxygen atoms in total. The van der Waals surface area contributed by atoms with Crippen LogP contribution in [-0.4, -0.2) is 47.3 Å². The lowest BCUT2D eigenvalue weighted by molar-refractivity contribution is 0.0837. The van der Waals surface area contributed by atoms with Gasteiger partial charge in [0.25, 0.3) is 0 Å². The number of fused-ring (bicyclic) bond motifs is 2. The van der Waals surface area contributed by atoms with Gasteiger partial charge in [0.1, 0.15) is 0 Å². The van der Waals surface area contributed by atoms with Gasteiger partial charge in [0.2, 0.25) is 0 Å². The summed E-state index contributed by atoms with van der Waals surface area (Å²) >= 11 is 1.96. The molecule has 26 heavy (non-hydrogen) atoms. The standard InChI is InChI=1S/C17H26N2S.C4H10.C2H6/c1-13(2)20-17-6-4-5-14(9-17)10-19-11-15-7-8-16(12-19)18(15)3;1-4(2)3;1-2/h4-6,9,13,15-16H,7-8,10-12H2,1-3H3;4H,1-3H3;1-2H3. The third-order valence-electron chi connectivity index (χ3n) is 4.60. The highest BCUT2D eigenvalue weighted by molar-refractivity contribution is 7.99. The molecule has 2 aliphatic rings. The van der Waals surface area contributed by atoms with Crippen LogP contribution in [0.1, 0.15) is 66.9 Å². The summed E-state index contributed by atoms with van der Waals surface area (Å²) in [6.07, 6.45) is 2.78. The van der Waals surface area contributed by atoms with Crippen molar-refractivity contribution in [2.45, 2.75) is 90.1 Å². The Hall–Kier alpha value is -0.510. The minimum atomic E-state index is 0.657. The summed E-state index contributed by atoms with van der Waals surface area (Å²) in [7, 11) is 2.31. The van der Waals surface area contributed by atoms with E-state index in [1.54, 1.807) is 0 Å². The van der Waals surface area contributed by atoms with E-state index < -0.39 is 0 Å². The van der Waals surface area contributed by atoms with Gasteiger partial charge in [-0.25, -0.2) is 0 Å². The van der Waals surface area contributed by atoms with Crippen LogP contribution in [0.4, 0.5) is 0 Å². The Kier molecular flexibility index (Phi) is 10.9. The van der Waals surface area contributed by atoms with Gasteiger partial charge in [0.15, 0.2) is 0 Å². The first-order valence-electron chi connectivity index (χ1n) is 10.5. The van der Waals surface area contributed by atoms with Gasteiger partial charge in [0, 0.05) is 41.9 Å². The number of likely N-dealkylation sites (tertiary alicyclic amines) is 1. The van der Waals surface area contributed by atoms with Crippen LogP contribution in [0.25, 0.3) is 0 Å². The molecule has 0 amide bonds. The molecule has 0 N–H and O–H groups in total. The number of piperazine rings is 1. The maximum atomic E-state index is 2.65. The normalized spacial score (nSPS) is 22.7. The molecule has 150 valence electrons. The zero-order chi connectivity index (χ0) is 19.7. The van der Waals surface area contributed by atoms with Gasteiger partial charge in [-0.1, -0.05) is 60.6 Å². The Morgan fingerprint density at radius 2 is 1.54 bits per heavy atom. The summed E-state index contributed by atoms with van der Waals surface area (Å²) in [5.41, 5.74) is 1.47. The third kappa shape index (κ3) is 8.02. The smallest absolute Gasteiger partial charge is 0.0235 e. The summed E-state index contributed by atoms with van der Waals surface area (Å²) in [6.45, 7) is 18.6. The highest BCUT2D eigenvalue weighted by Gasteiger charge is 2.37. The molecule has 0 saturated carbocycles. The van der Waals surface area contributed by atoms with Crippen molar-refractivity contribution in [3.8, 4) is 0 Å². The second-order valence-corrected chi connectivity index (χ2v) is 9.94. The van der Waals surface area contributed by atoms with Gasteiger partial charge >= 0.3 is 0 Å². The van der Waals surface area contributed by atoms with Crippen LogP contribution in [0.15, 0.2) is 29.2 Å². The highest BCUT2D eigenvalue weighted by Crippen LogP contribution is 2.30. The first-order valence-corrected chi connectivity index (χ1v) is 11.4. The first-order chi connectivity index (χ1) is 12.3. The predicted molar refractivity (Wildman–Crippen MR) is 119 cm³/mol. The van der Waals surface area contributed by atoms with Crippen molar-refractivity contribution < 1.29 is 0 Å². The fourth-order valence-corrected chi connectivity index (χ4v) is 4.50. The first kappa shape index (κ1) is 23.5. The molecule has 2 atom stereocenters. The number of thioether (sulfide) groups is 1. The van der Waals surface area contributed by atoms with Crippen molar-refractivity contribution in [3.63, 3.8) is 0 Å². The Bertz CT molecular complexity index is 484. The van der Waals surface area contributed by atoms with E-state index in [-0.39, 0.29) is 0 Å². The van der Waals surface area contributed by atoms with Gasteiger partial charge in [-0.05, 0) is 43.5 Å². The van der Waals surface area contributed by atoms with E-state index in [9.17, 15) is 0 Å². The van der Waals surface area contributed by atoms with E-state index in [0.29, 0.717) is 5.25 Å². The number of hydrogen-bond donors (Lipinski definition) is 0. The summed E-state index contributed by atoms with van der Waals surface area (Å²) < 4.78 is 0. The number of likely N-dealkylation sites (N-methyl/N-ethyl adjacent to an activating group) is 1. The average molecular weight is 379 g/mol. The van der Waals surface area contributed by atoms with Gasteiger partial charge in [-0.3, -0.25) is 9.80 Å². The lowest BCUT2D eigenvalue weighted by Crippen LogP contribution is -2.51. The van der Waals surface area contributed by atoms with Gasteiger partial charge in [-0.15, -0.1) is 11.8 Å². The van der Waals surface area contributed by atoms with Crippen molar-refractivity contribution in [1.82, 2.24) is 9.80 Å². The van der Waals surface area contributed by atoms with E-state index >= 15 is 0 Å². The fraction of sp³-hybridized carbons (Fsp3) is 0.739. The van der Waals surface area contributed by atoms with Crippen LogP contribution in [0.3, 0.4) is 0 Å². The maximum Gasteiger partial charge on any atom is 0.0235 e. The zero-order valence-electron chi connectivity index (χ0n) is 18.5. The zero-order valence-corrected chi connectivity index (χ0v) is 19.3. The van der Waals surface area contributed by atoms with E-state index in [1.165, 1.54) is 36.4 Å². The second kappa shape index (κ2) is 12.0. The molecule has 2 fully saturated rings. The van der Waals surface area contributed by atoms with E-state index in [1.807, 2.05) is 25.6 Å². The summed E-state index contributed by atoms with van der Waals surface area (Å²) in [4.78, 5) is 6.66. The molecule has 2 saturated heterocycles. The maximum absolute atomic E-state index is 2.65. The second-order valence-electron chi connectivity index (χ2n) is 8.29. The molecule has 0 aliphatic carbocycles. The minimum absolute atomic E-state index is 0.657. The van der Waals surface area contributed by atoms with E-state index in [4.69, 9.17) is 0 Å². The Balaban J connectivity index is 0.000000500. The van der Waals surface area contributed by atoms with Gasteiger partial charge in [0.05, 0.1) is 0 Å². The van der Waals surface area contributed by atoms with Crippen LogP contribution in [0.5, 0.6) is 0 Å². The quantitative estimate of drug-likeness (QED) is 0.580. The summed E-state index contributed by atoms with van der Waals surface area (Å²) in [5.74, 6) is 0.833. The molecule has 2 unspecified atom stereocenters. The molecular weight excluding hydrogens is 336 g/mol. The molecule has 1 aromatic carbocycles. The van der Waals surface area contributed by atoms with Crippen LogP contribution in [0, 0.1) is 5.92 Å². The van der Waals surface area contributed by atoms with Crippen LogP contribution < -0.4 is 0 Å². The van der Waals surface area contributed by atoms with Gasteiger partial charge < -0.3 is 0 Å². The minimum Gasteiger partial charge on any atom is -0.298 e.